The first-order chi connectivity index (χ1) is 12.7. The number of piperidine rings is 1. The van der Waals surface area contributed by atoms with E-state index in [2.05, 4.69) is 15.2 Å². The summed E-state index contributed by atoms with van der Waals surface area (Å²) in [5.74, 6) is -0.0586. The normalized spacial score (nSPS) is 28.6. The summed E-state index contributed by atoms with van der Waals surface area (Å²) in [6, 6.07) is 0. The third-order valence-corrected chi connectivity index (χ3v) is 6.83. The van der Waals surface area contributed by atoms with Crippen LogP contribution < -0.4 is 5.32 Å². The van der Waals surface area contributed by atoms with Crippen molar-refractivity contribution in [3.05, 3.63) is 16.1 Å². The molecule has 1 amide bonds. The number of carbonyl (C=O) groups excluding carboxylic acids is 1. The molecule has 0 unspecified atom stereocenters. The van der Waals surface area contributed by atoms with Crippen molar-refractivity contribution in [2.24, 2.45) is 0 Å². The highest BCUT2D eigenvalue weighted by Gasteiger charge is 2.53. The molecule has 3 heterocycles. The van der Waals surface area contributed by atoms with Gasteiger partial charge in [-0.1, -0.05) is 0 Å². The molecule has 152 valence electrons. The Balaban J connectivity index is 1.62. The number of aliphatic hydroxyl groups is 1. The molecule has 0 saturated carbocycles. The van der Waals surface area contributed by atoms with Crippen molar-refractivity contribution < 1.29 is 14.6 Å². The quantitative estimate of drug-likeness (QED) is 0.773. The molecule has 0 radical (unpaired) electrons. The number of hydrogen-bond acceptors (Lipinski definition) is 7. The number of nitrogens with zero attached hydrogens (tertiary/aromatic N) is 3. The van der Waals surface area contributed by atoms with Gasteiger partial charge < -0.3 is 20.1 Å². The Hall–Kier alpha value is -1.06. The van der Waals surface area contributed by atoms with Gasteiger partial charge in [0.15, 0.2) is 0 Å². The van der Waals surface area contributed by atoms with E-state index in [0.717, 1.165) is 38.2 Å². The first kappa shape index (κ1) is 20.7. The minimum absolute atomic E-state index is 0.0586. The molecule has 1 aromatic heterocycles. The lowest BCUT2D eigenvalue weighted by Gasteiger charge is -2.53. The van der Waals surface area contributed by atoms with E-state index in [0.29, 0.717) is 19.6 Å². The van der Waals surface area contributed by atoms with Crippen LogP contribution in [-0.4, -0.2) is 83.4 Å². The number of ether oxygens (including phenoxy) is 1. The maximum atomic E-state index is 12.3. The third-order valence-electron chi connectivity index (χ3n) is 5.91. The number of rotatable bonds is 5. The summed E-state index contributed by atoms with van der Waals surface area (Å²) >= 11 is 1.70. The van der Waals surface area contributed by atoms with Gasteiger partial charge in [-0.25, -0.2) is 4.98 Å². The van der Waals surface area contributed by atoms with Crippen molar-refractivity contribution in [2.75, 3.05) is 40.3 Å². The van der Waals surface area contributed by atoms with Gasteiger partial charge in [-0.2, -0.15) is 0 Å². The smallest absolute Gasteiger partial charge is 0.234 e. The van der Waals surface area contributed by atoms with Crippen LogP contribution in [-0.2, 0) is 16.1 Å². The molecule has 3 rings (SSSR count). The maximum absolute atomic E-state index is 12.3. The lowest BCUT2D eigenvalue weighted by molar-refractivity contribution is -0.208. The number of nitrogens with one attached hydrogen (secondary N) is 1. The monoisotopic (exact) mass is 396 g/mol. The van der Waals surface area contributed by atoms with Crippen molar-refractivity contribution >= 4 is 17.2 Å². The third kappa shape index (κ3) is 4.51. The van der Waals surface area contributed by atoms with E-state index in [1.807, 2.05) is 38.4 Å². The number of thiazole rings is 1. The second-order valence-electron chi connectivity index (χ2n) is 8.41. The van der Waals surface area contributed by atoms with E-state index in [1.165, 1.54) is 4.88 Å². The van der Waals surface area contributed by atoms with Crippen molar-refractivity contribution in [1.29, 1.82) is 0 Å². The fraction of sp³-hybridized carbons (Fsp3) is 0.789. The van der Waals surface area contributed by atoms with Crippen molar-refractivity contribution in [2.45, 2.75) is 56.9 Å². The molecule has 2 saturated heterocycles. The number of aliphatic hydroxyl groups excluding tert-OH is 1. The van der Waals surface area contributed by atoms with Gasteiger partial charge in [-0.3, -0.25) is 9.69 Å². The van der Waals surface area contributed by atoms with Crippen LogP contribution in [0.5, 0.6) is 0 Å². The summed E-state index contributed by atoms with van der Waals surface area (Å²) in [5, 5.41) is 14.3. The van der Waals surface area contributed by atoms with E-state index in [-0.39, 0.29) is 5.91 Å². The van der Waals surface area contributed by atoms with Crippen LogP contribution in [0.15, 0.2) is 5.51 Å². The fourth-order valence-electron chi connectivity index (χ4n) is 4.23. The second kappa shape index (κ2) is 8.13. The number of likely N-dealkylation sites (tertiary alicyclic amines) is 1. The highest BCUT2D eigenvalue weighted by Crippen LogP contribution is 2.40. The van der Waals surface area contributed by atoms with Gasteiger partial charge in [0.05, 0.1) is 28.9 Å². The predicted octanol–water partition coefficient (Wildman–Crippen LogP) is 1.00. The summed E-state index contributed by atoms with van der Waals surface area (Å²) in [5.41, 5.74) is 1.77. The number of hydrogen-bond donors (Lipinski definition) is 2. The summed E-state index contributed by atoms with van der Waals surface area (Å²) in [4.78, 5) is 22.2. The van der Waals surface area contributed by atoms with E-state index >= 15 is 0 Å². The number of amides is 1. The molecule has 0 aromatic carbocycles. The lowest BCUT2D eigenvalue weighted by atomic mass is 9.73. The molecule has 0 bridgehead atoms. The van der Waals surface area contributed by atoms with Gasteiger partial charge in [0, 0.05) is 31.1 Å². The Labute approximate surface area is 165 Å². The Morgan fingerprint density at radius 1 is 1.44 bits per heavy atom. The lowest BCUT2D eigenvalue weighted by Crippen LogP contribution is -2.69. The van der Waals surface area contributed by atoms with Gasteiger partial charge in [-0.15, -0.1) is 11.3 Å². The van der Waals surface area contributed by atoms with E-state index in [1.54, 1.807) is 11.3 Å². The molecule has 2 aliphatic rings. The first-order valence-corrected chi connectivity index (χ1v) is 10.5. The highest BCUT2D eigenvalue weighted by atomic mass is 32.1. The molecule has 1 aromatic rings. The molecule has 2 N–H and O–H groups in total. The molecule has 7 nitrogen and oxygen atoms in total. The zero-order chi connectivity index (χ0) is 19.7. The van der Waals surface area contributed by atoms with Crippen LogP contribution in [0.25, 0.3) is 0 Å². The van der Waals surface area contributed by atoms with Crippen LogP contribution in [0.3, 0.4) is 0 Å². The molecular weight excluding hydrogens is 364 g/mol. The minimum atomic E-state index is -0.711. The summed E-state index contributed by atoms with van der Waals surface area (Å²) in [6.45, 7) is 7.52. The number of aromatic nitrogens is 1. The van der Waals surface area contributed by atoms with Gasteiger partial charge >= 0.3 is 0 Å². The zero-order valence-electron chi connectivity index (χ0n) is 16.8. The Kier molecular flexibility index (Phi) is 6.22. The van der Waals surface area contributed by atoms with E-state index < -0.39 is 17.2 Å². The number of aryl methyl sites for hydroxylation is 1. The van der Waals surface area contributed by atoms with Crippen LogP contribution in [0.4, 0.5) is 0 Å². The SMILES string of the molecule is Cc1ncsc1CN1CCC2(CC1)OCC[C@](C)(NC(=O)CN(C)C)[C@H]2O. The predicted molar refractivity (Wildman–Crippen MR) is 106 cm³/mol. The molecule has 2 atom stereocenters. The van der Waals surface area contributed by atoms with Crippen molar-refractivity contribution in [1.82, 2.24) is 20.1 Å². The number of likely N-dealkylation sites (N-methyl/N-ethyl adjacent to an activating group) is 1. The van der Waals surface area contributed by atoms with Gasteiger partial charge in [0.25, 0.3) is 0 Å². The zero-order valence-corrected chi connectivity index (χ0v) is 17.6. The van der Waals surface area contributed by atoms with E-state index in [4.69, 9.17) is 4.74 Å². The van der Waals surface area contributed by atoms with E-state index in [9.17, 15) is 9.90 Å². The Morgan fingerprint density at radius 2 is 2.15 bits per heavy atom. The van der Waals surface area contributed by atoms with Crippen molar-refractivity contribution in [3.63, 3.8) is 0 Å². The molecule has 2 aliphatic heterocycles. The molecule has 1 spiro atoms. The average molecular weight is 397 g/mol. The molecule has 2 fully saturated rings. The average Bonchev–Trinajstić information content (AvgIpc) is 2.99. The fourth-order valence-corrected chi connectivity index (χ4v) is 5.05. The van der Waals surface area contributed by atoms with Crippen LogP contribution in [0.1, 0.15) is 36.8 Å². The molecule has 27 heavy (non-hydrogen) atoms. The minimum Gasteiger partial charge on any atom is -0.388 e. The molecule has 8 heteroatoms. The standard InChI is InChI=1S/C19H32N4O3S/c1-14-15(27-13-20-14)11-23-8-5-19(6-9-23)17(25)18(2,7-10-26-19)21-16(24)12-22(3)4/h13,17,25H,5-12H2,1-4H3,(H,21,24)/t17-,18+/m1/s1. The van der Waals surface area contributed by atoms with Gasteiger partial charge in [-0.05, 0) is 47.2 Å². The maximum Gasteiger partial charge on any atom is 0.234 e. The summed E-state index contributed by atoms with van der Waals surface area (Å²) < 4.78 is 6.14. The Morgan fingerprint density at radius 3 is 2.74 bits per heavy atom. The van der Waals surface area contributed by atoms with Crippen LogP contribution in [0, 0.1) is 6.92 Å². The Bertz CT molecular complexity index is 657. The second-order valence-corrected chi connectivity index (χ2v) is 9.35. The number of carbonyl (C=O) groups is 1. The molecular formula is C19H32N4O3S. The summed E-state index contributed by atoms with van der Waals surface area (Å²) in [6.07, 6.45) is 1.45. The van der Waals surface area contributed by atoms with Gasteiger partial charge in [0.1, 0.15) is 6.10 Å². The first-order valence-electron chi connectivity index (χ1n) is 9.63. The summed E-state index contributed by atoms with van der Waals surface area (Å²) in [7, 11) is 3.73. The van der Waals surface area contributed by atoms with Gasteiger partial charge in [0.2, 0.25) is 5.91 Å². The molecule has 0 aliphatic carbocycles. The van der Waals surface area contributed by atoms with Crippen LogP contribution >= 0.6 is 11.3 Å². The van der Waals surface area contributed by atoms with Crippen molar-refractivity contribution in [3.8, 4) is 0 Å². The highest BCUT2D eigenvalue weighted by molar-refractivity contribution is 7.09. The van der Waals surface area contributed by atoms with Crippen LogP contribution in [0.2, 0.25) is 0 Å². The topological polar surface area (TPSA) is 77.9 Å². The largest absolute Gasteiger partial charge is 0.388 e.